The van der Waals surface area contributed by atoms with Gasteiger partial charge in [0.15, 0.2) is 0 Å². The number of rotatable bonds is 3. The quantitative estimate of drug-likeness (QED) is 0.874. The second-order valence-electron chi connectivity index (χ2n) is 6.55. The predicted octanol–water partition coefficient (Wildman–Crippen LogP) is 4.31. The number of carbonyl (C=O) groups is 2. The maximum absolute atomic E-state index is 12.7. The minimum atomic E-state index is -0.346. The molecule has 1 aliphatic heterocycles. The summed E-state index contributed by atoms with van der Waals surface area (Å²) in [5.74, 6) is -0.382. The number of hydrogen-bond acceptors (Lipinski definition) is 3. The van der Waals surface area contributed by atoms with Gasteiger partial charge in [-0.15, -0.1) is 0 Å². The molecule has 0 radical (unpaired) electrons. The van der Waals surface area contributed by atoms with Crippen LogP contribution in [0.25, 0.3) is 0 Å². The number of aryl methyl sites for hydroxylation is 1. The number of amides is 2. The monoisotopic (exact) mass is 371 g/mol. The Morgan fingerprint density at radius 1 is 1.08 bits per heavy atom. The molecule has 6 heteroatoms. The van der Waals surface area contributed by atoms with Crippen LogP contribution in [-0.2, 0) is 0 Å². The van der Waals surface area contributed by atoms with Crippen molar-refractivity contribution in [2.45, 2.75) is 32.6 Å². The van der Waals surface area contributed by atoms with Crippen molar-refractivity contribution in [3.63, 3.8) is 0 Å². The van der Waals surface area contributed by atoms with Gasteiger partial charge in [0.2, 0.25) is 0 Å². The molecule has 2 amide bonds. The topological polar surface area (TPSA) is 62.3 Å². The van der Waals surface area contributed by atoms with Crippen molar-refractivity contribution in [2.24, 2.45) is 0 Å². The first-order valence-corrected chi connectivity index (χ1v) is 9.25. The Morgan fingerprint density at radius 2 is 1.81 bits per heavy atom. The van der Waals surface area contributed by atoms with Crippen molar-refractivity contribution in [1.29, 1.82) is 0 Å². The lowest BCUT2D eigenvalue weighted by Gasteiger charge is -2.20. The number of pyridine rings is 1. The van der Waals surface area contributed by atoms with E-state index >= 15 is 0 Å². The van der Waals surface area contributed by atoms with Crippen LogP contribution in [0, 0.1) is 6.92 Å². The van der Waals surface area contributed by atoms with Crippen molar-refractivity contribution in [1.82, 2.24) is 9.88 Å². The summed E-state index contributed by atoms with van der Waals surface area (Å²) in [4.78, 5) is 31.2. The third-order valence-corrected chi connectivity index (χ3v) is 4.80. The largest absolute Gasteiger partial charge is 0.339 e. The molecule has 1 aromatic heterocycles. The maximum atomic E-state index is 12.7. The molecule has 3 rings (SSSR count). The fraction of sp³-hybridized carbons (Fsp3) is 0.350. The van der Waals surface area contributed by atoms with Gasteiger partial charge < -0.3 is 10.2 Å². The number of hydrogen-bond donors (Lipinski definition) is 1. The number of nitrogens with zero attached hydrogens (tertiary/aromatic N) is 2. The second-order valence-corrected chi connectivity index (χ2v) is 6.99. The van der Waals surface area contributed by atoms with Gasteiger partial charge in [-0.25, -0.2) is 0 Å². The molecule has 136 valence electrons. The Hall–Kier alpha value is -2.40. The summed E-state index contributed by atoms with van der Waals surface area (Å²) in [5, 5.41) is 3.44. The van der Waals surface area contributed by atoms with Crippen LogP contribution in [0.2, 0.25) is 5.02 Å². The molecule has 0 atom stereocenters. The van der Waals surface area contributed by atoms with Crippen LogP contribution in [0.5, 0.6) is 0 Å². The summed E-state index contributed by atoms with van der Waals surface area (Å²) in [6.07, 6.45) is 5.89. The molecule has 1 saturated heterocycles. The van der Waals surface area contributed by atoms with E-state index in [0.717, 1.165) is 44.3 Å². The molecular formula is C20H22ClN3O2. The minimum Gasteiger partial charge on any atom is -0.339 e. The summed E-state index contributed by atoms with van der Waals surface area (Å²) < 4.78 is 0. The number of benzene rings is 1. The Kier molecular flexibility index (Phi) is 5.89. The molecule has 1 aliphatic rings. The molecule has 0 spiro atoms. The zero-order chi connectivity index (χ0) is 18.5. The van der Waals surface area contributed by atoms with Crippen molar-refractivity contribution in [3.8, 4) is 0 Å². The van der Waals surface area contributed by atoms with E-state index in [2.05, 4.69) is 10.3 Å². The van der Waals surface area contributed by atoms with E-state index in [1.165, 1.54) is 6.20 Å². The van der Waals surface area contributed by atoms with Crippen molar-refractivity contribution < 1.29 is 9.59 Å². The number of carbonyl (C=O) groups excluding carboxylic acids is 2. The Balaban J connectivity index is 1.75. The van der Waals surface area contributed by atoms with Crippen LogP contribution in [-0.4, -0.2) is 34.8 Å². The highest BCUT2D eigenvalue weighted by Crippen LogP contribution is 2.20. The van der Waals surface area contributed by atoms with Gasteiger partial charge in [0.05, 0.1) is 0 Å². The average molecular weight is 372 g/mol. The van der Waals surface area contributed by atoms with E-state index in [0.29, 0.717) is 16.3 Å². The lowest BCUT2D eigenvalue weighted by molar-refractivity contribution is 0.0761. The molecule has 2 heterocycles. The van der Waals surface area contributed by atoms with Gasteiger partial charge in [-0.3, -0.25) is 14.6 Å². The lowest BCUT2D eigenvalue weighted by Crippen LogP contribution is -2.32. The van der Waals surface area contributed by atoms with E-state index in [9.17, 15) is 9.59 Å². The summed E-state index contributed by atoms with van der Waals surface area (Å²) >= 11 is 5.94. The van der Waals surface area contributed by atoms with Gasteiger partial charge in [0, 0.05) is 35.6 Å². The van der Waals surface area contributed by atoms with Crippen LogP contribution in [0.1, 0.15) is 52.1 Å². The van der Waals surface area contributed by atoms with E-state index in [1.54, 1.807) is 30.3 Å². The van der Waals surface area contributed by atoms with Gasteiger partial charge in [0.1, 0.15) is 5.69 Å². The second kappa shape index (κ2) is 8.32. The summed E-state index contributed by atoms with van der Waals surface area (Å²) in [5.41, 5.74) is 2.26. The lowest BCUT2D eigenvalue weighted by atomic mass is 10.1. The molecule has 1 fully saturated rings. The highest BCUT2D eigenvalue weighted by Gasteiger charge is 2.19. The highest BCUT2D eigenvalue weighted by atomic mass is 35.5. The smallest absolute Gasteiger partial charge is 0.274 e. The molecule has 1 N–H and O–H groups in total. The van der Waals surface area contributed by atoms with E-state index in [4.69, 9.17) is 11.6 Å². The van der Waals surface area contributed by atoms with Crippen LogP contribution in [0.4, 0.5) is 5.69 Å². The number of anilines is 1. The average Bonchev–Trinajstić information content (AvgIpc) is 2.93. The Labute approximate surface area is 158 Å². The third kappa shape index (κ3) is 4.41. The van der Waals surface area contributed by atoms with Gasteiger partial charge in [-0.2, -0.15) is 0 Å². The van der Waals surface area contributed by atoms with Crippen LogP contribution in [0.15, 0.2) is 36.5 Å². The summed E-state index contributed by atoms with van der Waals surface area (Å²) in [6.45, 7) is 3.41. The van der Waals surface area contributed by atoms with Crippen molar-refractivity contribution >= 4 is 29.1 Å². The predicted molar refractivity (Wildman–Crippen MR) is 103 cm³/mol. The van der Waals surface area contributed by atoms with Crippen LogP contribution >= 0.6 is 11.6 Å². The standard InChI is InChI=1S/C20H22ClN3O2/c1-14-12-16(21)6-7-17(14)23-19(25)18-13-15(8-9-22-18)20(26)24-10-4-2-3-5-11-24/h6-9,12-13H,2-5,10-11H2,1H3,(H,23,25). The normalized spacial score (nSPS) is 14.6. The molecule has 0 aliphatic carbocycles. The SMILES string of the molecule is Cc1cc(Cl)ccc1NC(=O)c1cc(C(=O)N2CCCCCC2)ccn1. The maximum Gasteiger partial charge on any atom is 0.274 e. The highest BCUT2D eigenvalue weighted by molar-refractivity contribution is 6.30. The zero-order valence-corrected chi connectivity index (χ0v) is 15.6. The number of halogens is 1. The summed E-state index contributed by atoms with van der Waals surface area (Å²) in [7, 11) is 0. The van der Waals surface area contributed by atoms with Gasteiger partial charge in [0.25, 0.3) is 11.8 Å². The van der Waals surface area contributed by atoms with E-state index < -0.39 is 0 Å². The fourth-order valence-corrected chi connectivity index (χ4v) is 3.32. The van der Waals surface area contributed by atoms with E-state index in [-0.39, 0.29) is 17.5 Å². The molecule has 2 aromatic rings. The number of aromatic nitrogens is 1. The van der Waals surface area contributed by atoms with E-state index in [1.807, 2.05) is 11.8 Å². The molecule has 5 nitrogen and oxygen atoms in total. The Morgan fingerprint density at radius 3 is 2.50 bits per heavy atom. The molecule has 0 bridgehead atoms. The first-order valence-electron chi connectivity index (χ1n) is 8.87. The molecule has 0 saturated carbocycles. The zero-order valence-electron chi connectivity index (χ0n) is 14.8. The molecule has 0 unspecified atom stereocenters. The number of nitrogens with one attached hydrogen (secondary N) is 1. The van der Waals surface area contributed by atoms with Crippen molar-refractivity contribution in [2.75, 3.05) is 18.4 Å². The molecule has 1 aromatic carbocycles. The minimum absolute atomic E-state index is 0.0361. The summed E-state index contributed by atoms with van der Waals surface area (Å²) in [6, 6.07) is 8.48. The van der Waals surface area contributed by atoms with Gasteiger partial charge in [-0.1, -0.05) is 24.4 Å². The van der Waals surface area contributed by atoms with Gasteiger partial charge in [-0.05, 0) is 55.7 Å². The van der Waals surface area contributed by atoms with Gasteiger partial charge >= 0.3 is 0 Å². The molecule has 26 heavy (non-hydrogen) atoms. The molecular weight excluding hydrogens is 350 g/mol. The fourth-order valence-electron chi connectivity index (χ4n) is 3.10. The first-order chi connectivity index (χ1) is 12.5. The van der Waals surface area contributed by atoms with Crippen molar-refractivity contribution in [3.05, 3.63) is 58.4 Å². The van der Waals surface area contributed by atoms with Crippen LogP contribution in [0.3, 0.4) is 0 Å². The Bertz CT molecular complexity index is 814. The third-order valence-electron chi connectivity index (χ3n) is 4.57. The van der Waals surface area contributed by atoms with Crippen LogP contribution < -0.4 is 5.32 Å². The first kappa shape index (κ1) is 18.4. The number of likely N-dealkylation sites (tertiary alicyclic amines) is 1.